The van der Waals surface area contributed by atoms with E-state index in [1.54, 1.807) is 24.5 Å². The molecule has 0 spiro atoms. The van der Waals surface area contributed by atoms with Gasteiger partial charge in [0.25, 0.3) is 0 Å². The molecule has 0 radical (unpaired) electrons. The fourth-order valence-electron chi connectivity index (χ4n) is 2.75. The zero-order valence-electron chi connectivity index (χ0n) is 14.3. The quantitative estimate of drug-likeness (QED) is 0.812. The van der Waals surface area contributed by atoms with Crippen molar-refractivity contribution in [2.24, 2.45) is 5.92 Å². The lowest BCUT2D eigenvalue weighted by Crippen LogP contribution is -2.35. The van der Waals surface area contributed by atoms with E-state index in [4.69, 9.17) is 0 Å². The third-order valence-corrected chi connectivity index (χ3v) is 5.44. The van der Waals surface area contributed by atoms with Gasteiger partial charge in [0.2, 0.25) is 21.8 Å². The number of hydrogen-bond acceptors (Lipinski definition) is 5. The Morgan fingerprint density at radius 1 is 1.36 bits per heavy atom. The summed E-state index contributed by atoms with van der Waals surface area (Å²) in [7, 11) is -3.37. The number of anilines is 1. The Morgan fingerprint density at radius 3 is 2.84 bits per heavy atom. The van der Waals surface area contributed by atoms with E-state index < -0.39 is 10.0 Å². The van der Waals surface area contributed by atoms with Crippen LogP contribution in [0.5, 0.6) is 0 Å². The highest BCUT2D eigenvalue weighted by atomic mass is 32.2. The Labute approximate surface area is 148 Å². The molecule has 1 unspecified atom stereocenters. The third-order valence-electron chi connectivity index (χ3n) is 4.13. The topological polar surface area (TPSA) is 108 Å². The molecule has 2 N–H and O–H groups in total. The summed E-state index contributed by atoms with van der Waals surface area (Å²) in [6.45, 7) is 0.864. The van der Waals surface area contributed by atoms with Crippen LogP contribution < -0.4 is 10.6 Å². The van der Waals surface area contributed by atoms with Gasteiger partial charge in [0.05, 0.1) is 18.1 Å². The van der Waals surface area contributed by atoms with Crippen molar-refractivity contribution in [1.29, 1.82) is 0 Å². The molecule has 1 aliphatic heterocycles. The van der Waals surface area contributed by atoms with Crippen LogP contribution in [0.3, 0.4) is 0 Å². The van der Waals surface area contributed by atoms with Gasteiger partial charge < -0.3 is 10.6 Å². The number of hydrogen-bond donors (Lipinski definition) is 2. The molecule has 0 aromatic carbocycles. The Balaban J connectivity index is 2.03. The molecular weight excluding hydrogens is 344 g/mol. The molecule has 1 atom stereocenters. The first-order valence-electron chi connectivity index (χ1n) is 8.29. The van der Waals surface area contributed by atoms with Crippen LogP contribution >= 0.6 is 0 Å². The minimum absolute atomic E-state index is 0.125. The van der Waals surface area contributed by atoms with Crippen LogP contribution in [0.15, 0.2) is 24.5 Å². The van der Waals surface area contributed by atoms with Crippen molar-refractivity contribution in [3.8, 4) is 0 Å². The number of sulfonamides is 1. The van der Waals surface area contributed by atoms with E-state index in [1.807, 2.05) is 0 Å². The molecule has 138 valence electrons. The molecule has 1 fully saturated rings. The second-order valence-electron chi connectivity index (χ2n) is 6.12. The lowest BCUT2D eigenvalue weighted by atomic mass is 9.98. The molecule has 0 bridgehead atoms. The first-order valence-corrected chi connectivity index (χ1v) is 10.1. The van der Waals surface area contributed by atoms with Crippen molar-refractivity contribution in [3.05, 3.63) is 24.5 Å². The summed E-state index contributed by atoms with van der Waals surface area (Å²) in [5, 5.41) is 5.57. The van der Waals surface area contributed by atoms with E-state index in [0.29, 0.717) is 38.0 Å². The number of rotatable bonds is 3. The summed E-state index contributed by atoms with van der Waals surface area (Å²) in [5.41, 5.74) is 0.614. The number of carbonyl (C=O) groups excluding carboxylic acids is 2. The standard InChI is InChI=1S/C16H24N4O4S/c1-25(23,24)20-10-3-4-13(6-9-18-15(21)7-11-20)16(22)19-14-5-2-8-17-12-14/h2,5,8,12-13H,3-4,6-7,9-11H2,1H3,(H,18,21)(H,19,22). The van der Waals surface area contributed by atoms with Crippen LogP contribution in [0.25, 0.3) is 0 Å². The molecule has 1 aromatic rings. The minimum atomic E-state index is -3.37. The number of pyridine rings is 1. The highest BCUT2D eigenvalue weighted by molar-refractivity contribution is 7.88. The number of amides is 2. The van der Waals surface area contributed by atoms with E-state index in [0.717, 1.165) is 6.26 Å². The smallest absolute Gasteiger partial charge is 0.227 e. The van der Waals surface area contributed by atoms with Crippen LogP contribution in [-0.2, 0) is 19.6 Å². The molecular formula is C16H24N4O4S. The Bertz CT molecular complexity index is 693. The molecule has 2 heterocycles. The van der Waals surface area contributed by atoms with Crippen LogP contribution in [0.1, 0.15) is 25.7 Å². The molecule has 8 nitrogen and oxygen atoms in total. The molecule has 0 saturated carbocycles. The number of nitrogens with one attached hydrogen (secondary N) is 2. The van der Waals surface area contributed by atoms with Gasteiger partial charge in [-0.3, -0.25) is 14.6 Å². The average Bonchev–Trinajstić information content (AvgIpc) is 2.59. The first kappa shape index (κ1) is 19.3. The van der Waals surface area contributed by atoms with E-state index in [2.05, 4.69) is 15.6 Å². The zero-order valence-corrected chi connectivity index (χ0v) is 15.1. The molecule has 1 aromatic heterocycles. The van der Waals surface area contributed by atoms with Crippen molar-refractivity contribution in [2.75, 3.05) is 31.2 Å². The molecule has 9 heteroatoms. The molecule has 2 amide bonds. The maximum absolute atomic E-state index is 12.5. The summed E-state index contributed by atoms with van der Waals surface area (Å²) >= 11 is 0. The van der Waals surface area contributed by atoms with Gasteiger partial charge in [0.1, 0.15) is 0 Å². The van der Waals surface area contributed by atoms with Gasteiger partial charge in [-0.05, 0) is 31.4 Å². The van der Waals surface area contributed by atoms with Crippen LogP contribution in [-0.4, -0.2) is 55.4 Å². The molecule has 0 aliphatic carbocycles. The highest BCUT2D eigenvalue weighted by Crippen LogP contribution is 2.16. The van der Waals surface area contributed by atoms with Crippen molar-refractivity contribution in [2.45, 2.75) is 25.7 Å². The molecule has 1 aliphatic rings. The Morgan fingerprint density at radius 2 is 2.16 bits per heavy atom. The minimum Gasteiger partial charge on any atom is -0.356 e. The van der Waals surface area contributed by atoms with Gasteiger partial charge in [-0.1, -0.05) is 0 Å². The van der Waals surface area contributed by atoms with Crippen molar-refractivity contribution in [1.82, 2.24) is 14.6 Å². The average molecular weight is 368 g/mol. The first-order chi connectivity index (χ1) is 11.9. The highest BCUT2D eigenvalue weighted by Gasteiger charge is 2.23. The SMILES string of the molecule is CS(=O)(=O)N1CCCC(C(=O)Nc2cccnc2)CCNC(=O)CC1. The van der Waals surface area contributed by atoms with E-state index >= 15 is 0 Å². The van der Waals surface area contributed by atoms with E-state index in [9.17, 15) is 18.0 Å². The Hall–Kier alpha value is -2.00. The fraction of sp³-hybridized carbons (Fsp3) is 0.562. The van der Waals surface area contributed by atoms with Gasteiger partial charge >= 0.3 is 0 Å². The second-order valence-corrected chi connectivity index (χ2v) is 8.10. The summed E-state index contributed by atoms with van der Waals surface area (Å²) in [6, 6.07) is 3.49. The Kier molecular flexibility index (Phi) is 6.89. The number of carbonyl (C=O) groups is 2. The predicted octanol–water partition coefficient (Wildman–Crippen LogP) is 0.588. The van der Waals surface area contributed by atoms with Crippen molar-refractivity contribution in [3.63, 3.8) is 0 Å². The summed E-state index contributed by atoms with van der Waals surface area (Å²) in [4.78, 5) is 28.3. The summed E-state index contributed by atoms with van der Waals surface area (Å²) < 4.78 is 24.9. The maximum atomic E-state index is 12.5. The lowest BCUT2D eigenvalue weighted by molar-refractivity contribution is -0.122. The van der Waals surface area contributed by atoms with Crippen molar-refractivity contribution < 1.29 is 18.0 Å². The van der Waals surface area contributed by atoms with E-state index in [-0.39, 0.29) is 30.7 Å². The summed E-state index contributed by atoms with van der Waals surface area (Å²) in [5.74, 6) is -0.658. The van der Waals surface area contributed by atoms with Crippen LogP contribution in [0, 0.1) is 5.92 Å². The molecule has 25 heavy (non-hydrogen) atoms. The molecule has 2 rings (SSSR count). The lowest BCUT2D eigenvalue weighted by Gasteiger charge is -2.20. The fourth-order valence-corrected chi connectivity index (χ4v) is 3.63. The van der Waals surface area contributed by atoms with E-state index in [1.165, 1.54) is 4.31 Å². The van der Waals surface area contributed by atoms with Crippen LogP contribution in [0.2, 0.25) is 0 Å². The normalized spacial score (nSPS) is 21.0. The second kappa shape index (κ2) is 8.91. The predicted molar refractivity (Wildman–Crippen MR) is 94.3 cm³/mol. The number of aromatic nitrogens is 1. The van der Waals surface area contributed by atoms with Gasteiger partial charge in [0, 0.05) is 38.2 Å². The van der Waals surface area contributed by atoms with Gasteiger partial charge in [-0.15, -0.1) is 0 Å². The molecule has 1 saturated heterocycles. The monoisotopic (exact) mass is 368 g/mol. The van der Waals surface area contributed by atoms with Crippen molar-refractivity contribution >= 4 is 27.5 Å². The van der Waals surface area contributed by atoms with Gasteiger partial charge in [0.15, 0.2) is 0 Å². The largest absolute Gasteiger partial charge is 0.356 e. The maximum Gasteiger partial charge on any atom is 0.227 e. The number of nitrogens with zero attached hydrogens (tertiary/aromatic N) is 2. The van der Waals surface area contributed by atoms with Gasteiger partial charge in [-0.2, -0.15) is 0 Å². The third kappa shape index (κ3) is 6.43. The zero-order chi connectivity index (χ0) is 18.3. The van der Waals surface area contributed by atoms with Gasteiger partial charge in [-0.25, -0.2) is 12.7 Å². The summed E-state index contributed by atoms with van der Waals surface area (Å²) in [6.07, 6.45) is 6.07. The van der Waals surface area contributed by atoms with Crippen LogP contribution in [0.4, 0.5) is 5.69 Å².